The highest BCUT2D eigenvalue weighted by Crippen LogP contribution is 2.22. The lowest BCUT2D eigenvalue weighted by Crippen LogP contribution is -1.97. The van der Waals surface area contributed by atoms with Gasteiger partial charge in [0.05, 0.1) is 5.56 Å². The molecule has 17 heavy (non-hydrogen) atoms. The monoisotopic (exact) mass is 231 g/mol. The molecule has 0 aliphatic carbocycles. The molecule has 1 heterocycles. The first-order chi connectivity index (χ1) is 8.06. The third kappa shape index (κ3) is 2.47. The average Bonchev–Trinajstić information content (AvgIpc) is 2.28. The van der Waals surface area contributed by atoms with Gasteiger partial charge in [-0.15, -0.1) is 0 Å². The number of hydrogen-bond acceptors (Lipinski definition) is 2. The second-order valence-corrected chi connectivity index (χ2v) is 3.78. The molecular formula is C13H10FNO2. The van der Waals surface area contributed by atoms with Crippen molar-refractivity contribution in [2.75, 3.05) is 0 Å². The summed E-state index contributed by atoms with van der Waals surface area (Å²) in [7, 11) is 0. The number of carboxylic acid groups (broad SMARTS) is 1. The Balaban J connectivity index is 2.56. The molecule has 2 aromatic rings. The number of halogens is 1. The first-order valence-corrected chi connectivity index (χ1v) is 5.02. The summed E-state index contributed by atoms with van der Waals surface area (Å²) in [5.41, 5.74) is 2.08. The number of aryl methyl sites for hydroxylation is 1. The van der Waals surface area contributed by atoms with E-state index in [4.69, 9.17) is 5.11 Å². The molecule has 0 bridgehead atoms. The quantitative estimate of drug-likeness (QED) is 0.864. The number of aromatic nitrogens is 1. The second-order valence-electron chi connectivity index (χ2n) is 3.78. The highest BCUT2D eigenvalue weighted by Gasteiger charge is 2.08. The lowest BCUT2D eigenvalue weighted by Gasteiger charge is -2.04. The fourth-order valence-electron chi connectivity index (χ4n) is 1.59. The molecule has 1 aromatic carbocycles. The lowest BCUT2D eigenvalue weighted by molar-refractivity contribution is 0.0696. The molecule has 0 saturated heterocycles. The number of carboxylic acids is 1. The van der Waals surface area contributed by atoms with Crippen molar-refractivity contribution < 1.29 is 14.3 Å². The van der Waals surface area contributed by atoms with Gasteiger partial charge in [-0.05, 0) is 42.3 Å². The number of carbonyl (C=O) groups is 1. The number of nitrogens with zero attached hydrogens (tertiary/aromatic N) is 1. The van der Waals surface area contributed by atoms with E-state index in [1.54, 1.807) is 12.4 Å². The Morgan fingerprint density at radius 1 is 1.18 bits per heavy atom. The molecule has 0 amide bonds. The SMILES string of the molecule is Cc1cncc(-c2cc(F)cc(C(=O)O)c2)c1. The van der Waals surface area contributed by atoms with Gasteiger partial charge in [0.25, 0.3) is 0 Å². The zero-order valence-corrected chi connectivity index (χ0v) is 9.14. The summed E-state index contributed by atoms with van der Waals surface area (Å²) < 4.78 is 13.3. The first kappa shape index (κ1) is 11.3. The van der Waals surface area contributed by atoms with Gasteiger partial charge in [-0.25, -0.2) is 9.18 Å². The van der Waals surface area contributed by atoms with Crippen LogP contribution in [0.1, 0.15) is 15.9 Å². The maximum atomic E-state index is 13.3. The minimum absolute atomic E-state index is 0.0680. The van der Waals surface area contributed by atoms with E-state index in [1.807, 2.05) is 13.0 Å². The highest BCUT2D eigenvalue weighted by molar-refractivity contribution is 5.89. The number of rotatable bonds is 2. The van der Waals surface area contributed by atoms with E-state index in [2.05, 4.69) is 4.98 Å². The maximum absolute atomic E-state index is 13.3. The molecule has 0 aliphatic heterocycles. The zero-order valence-electron chi connectivity index (χ0n) is 9.14. The molecule has 0 unspecified atom stereocenters. The Bertz CT molecular complexity index is 581. The molecule has 1 N–H and O–H groups in total. The van der Waals surface area contributed by atoms with E-state index in [9.17, 15) is 9.18 Å². The molecule has 0 spiro atoms. The van der Waals surface area contributed by atoms with Crippen molar-refractivity contribution in [3.05, 3.63) is 53.6 Å². The van der Waals surface area contributed by atoms with Crippen LogP contribution in [0.2, 0.25) is 0 Å². The minimum Gasteiger partial charge on any atom is -0.478 e. The van der Waals surface area contributed by atoms with Crippen molar-refractivity contribution in [1.29, 1.82) is 0 Å². The van der Waals surface area contributed by atoms with Crippen molar-refractivity contribution in [3.63, 3.8) is 0 Å². The fraction of sp³-hybridized carbons (Fsp3) is 0.0769. The summed E-state index contributed by atoms with van der Waals surface area (Å²) in [6.45, 7) is 1.87. The van der Waals surface area contributed by atoms with Crippen LogP contribution in [0.15, 0.2) is 36.7 Å². The molecule has 0 radical (unpaired) electrons. The molecule has 0 fully saturated rings. The summed E-state index contributed by atoms with van der Waals surface area (Å²) in [4.78, 5) is 14.8. The van der Waals surface area contributed by atoms with Crippen LogP contribution in [-0.4, -0.2) is 16.1 Å². The second kappa shape index (κ2) is 4.33. The van der Waals surface area contributed by atoms with Crippen molar-refractivity contribution in [2.24, 2.45) is 0 Å². The van der Waals surface area contributed by atoms with Crippen molar-refractivity contribution >= 4 is 5.97 Å². The average molecular weight is 231 g/mol. The molecule has 86 valence electrons. The topological polar surface area (TPSA) is 50.2 Å². The van der Waals surface area contributed by atoms with Crippen molar-refractivity contribution in [3.8, 4) is 11.1 Å². The summed E-state index contributed by atoms with van der Waals surface area (Å²) in [5.74, 6) is -1.72. The predicted molar refractivity (Wildman–Crippen MR) is 61.3 cm³/mol. The maximum Gasteiger partial charge on any atom is 0.335 e. The van der Waals surface area contributed by atoms with Gasteiger partial charge in [0, 0.05) is 18.0 Å². The van der Waals surface area contributed by atoms with Gasteiger partial charge in [-0.2, -0.15) is 0 Å². The smallest absolute Gasteiger partial charge is 0.335 e. The largest absolute Gasteiger partial charge is 0.478 e. The fourth-order valence-corrected chi connectivity index (χ4v) is 1.59. The third-order valence-electron chi connectivity index (χ3n) is 2.35. The van der Waals surface area contributed by atoms with Crippen molar-refractivity contribution in [2.45, 2.75) is 6.92 Å². The molecule has 3 nitrogen and oxygen atoms in total. The Kier molecular flexibility index (Phi) is 2.87. The van der Waals surface area contributed by atoms with E-state index in [1.165, 1.54) is 12.1 Å². The Labute approximate surface area is 97.6 Å². The van der Waals surface area contributed by atoms with E-state index < -0.39 is 11.8 Å². The number of benzene rings is 1. The summed E-state index contributed by atoms with van der Waals surface area (Å²) in [6, 6.07) is 5.55. The van der Waals surface area contributed by atoms with Gasteiger partial charge >= 0.3 is 5.97 Å². The number of hydrogen-bond donors (Lipinski definition) is 1. The molecule has 2 rings (SSSR count). The van der Waals surface area contributed by atoms with Crippen LogP contribution in [0.3, 0.4) is 0 Å². The number of aromatic carboxylic acids is 1. The normalized spacial score (nSPS) is 10.2. The zero-order chi connectivity index (χ0) is 12.4. The Morgan fingerprint density at radius 2 is 1.94 bits per heavy atom. The van der Waals surface area contributed by atoms with E-state index in [-0.39, 0.29) is 5.56 Å². The van der Waals surface area contributed by atoms with Gasteiger partial charge < -0.3 is 5.11 Å². The van der Waals surface area contributed by atoms with Crippen molar-refractivity contribution in [1.82, 2.24) is 4.98 Å². The van der Waals surface area contributed by atoms with Gasteiger partial charge in [-0.3, -0.25) is 4.98 Å². The van der Waals surface area contributed by atoms with Crippen LogP contribution in [0.25, 0.3) is 11.1 Å². The highest BCUT2D eigenvalue weighted by atomic mass is 19.1. The van der Waals surface area contributed by atoms with Crippen LogP contribution in [0.5, 0.6) is 0 Å². The molecule has 0 saturated carbocycles. The molecule has 0 aliphatic rings. The van der Waals surface area contributed by atoms with E-state index in [0.717, 1.165) is 11.6 Å². The first-order valence-electron chi connectivity index (χ1n) is 5.02. The molecule has 1 aromatic heterocycles. The molecule has 4 heteroatoms. The van der Waals surface area contributed by atoms with Gasteiger partial charge in [0.1, 0.15) is 5.82 Å². The van der Waals surface area contributed by atoms with Crippen LogP contribution in [-0.2, 0) is 0 Å². The third-order valence-corrected chi connectivity index (χ3v) is 2.35. The van der Waals surface area contributed by atoms with Crippen LogP contribution in [0, 0.1) is 12.7 Å². The van der Waals surface area contributed by atoms with E-state index >= 15 is 0 Å². The van der Waals surface area contributed by atoms with Gasteiger partial charge in [0.2, 0.25) is 0 Å². The Hall–Kier alpha value is -2.23. The van der Waals surface area contributed by atoms with E-state index in [0.29, 0.717) is 11.1 Å². The summed E-state index contributed by atoms with van der Waals surface area (Å²) in [5, 5.41) is 8.85. The summed E-state index contributed by atoms with van der Waals surface area (Å²) in [6.07, 6.45) is 3.26. The molecule has 0 atom stereocenters. The lowest BCUT2D eigenvalue weighted by atomic mass is 10.0. The predicted octanol–water partition coefficient (Wildman–Crippen LogP) is 2.89. The van der Waals surface area contributed by atoms with Crippen LogP contribution >= 0.6 is 0 Å². The number of pyridine rings is 1. The summed E-state index contributed by atoms with van der Waals surface area (Å²) >= 11 is 0. The van der Waals surface area contributed by atoms with Gasteiger partial charge in [-0.1, -0.05) is 0 Å². The standard InChI is InChI=1S/C13H10FNO2/c1-8-2-11(7-15-6-8)9-3-10(13(16)17)5-12(14)4-9/h2-7H,1H3,(H,16,17). The molecular weight excluding hydrogens is 221 g/mol. The van der Waals surface area contributed by atoms with Gasteiger partial charge in [0.15, 0.2) is 0 Å². The van der Waals surface area contributed by atoms with Crippen LogP contribution < -0.4 is 0 Å². The Morgan fingerprint density at radius 3 is 2.59 bits per heavy atom. The van der Waals surface area contributed by atoms with Crippen LogP contribution in [0.4, 0.5) is 4.39 Å². The minimum atomic E-state index is -1.15.